The van der Waals surface area contributed by atoms with Crippen molar-refractivity contribution in [3.63, 3.8) is 0 Å². The fourth-order valence-corrected chi connectivity index (χ4v) is 0.671. The van der Waals surface area contributed by atoms with Crippen molar-refractivity contribution in [3.8, 4) is 0 Å². The van der Waals surface area contributed by atoms with Gasteiger partial charge in [0.05, 0.1) is 0 Å². The maximum absolute atomic E-state index is 7.97. The molecule has 0 aliphatic rings. The molecule has 8 heteroatoms. The Bertz CT molecular complexity index is 207. The Kier molecular flexibility index (Phi) is 4.29. The van der Waals surface area contributed by atoms with E-state index in [-0.39, 0.29) is 0 Å². The molecule has 0 aliphatic heterocycles. The molecule has 0 aromatic carbocycles. The molecule has 0 aromatic heterocycles. The summed E-state index contributed by atoms with van der Waals surface area (Å²) in [6.07, 6.45) is 0. The van der Waals surface area contributed by atoms with E-state index in [1.54, 1.807) is 0 Å². The van der Waals surface area contributed by atoms with Gasteiger partial charge in [0.25, 0.3) is 0 Å². The minimum Gasteiger partial charge on any atom is -0.255 e. The van der Waals surface area contributed by atoms with Crippen molar-refractivity contribution in [3.05, 3.63) is 0 Å². The van der Waals surface area contributed by atoms with Crippen LogP contribution in [0.15, 0.2) is 0 Å². The van der Waals surface area contributed by atoms with Gasteiger partial charge in [0.15, 0.2) is 0 Å². The quantitative estimate of drug-likeness (QED) is 0.306. The van der Waals surface area contributed by atoms with Crippen molar-refractivity contribution in [1.29, 1.82) is 0 Å². The molecule has 0 radical (unpaired) electrons. The highest BCUT2D eigenvalue weighted by molar-refractivity contribution is 9.03. The number of hydrogen-bond acceptors (Lipinski definition) is 7. The molecular formula is HO2S6-. The highest BCUT2D eigenvalue weighted by atomic mass is 33.7. The predicted octanol–water partition coefficient (Wildman–Crippen LogP) is -0.0741. The normalized spacial score (nSPS) is 12.2. The molecule has 1 N–H and O–H groups in total. The van der Waals surface area contributed by atoms with Gasteiger partial charge in [-0.2, -0.15) is 4.33 Å². The van der Waals surface area contributed by atoms with Gasteiger partial charge in [-0.3, -0.25) is 7.05 Å². The highest BCUT2D eigenvalue weighted by Gasteiger charge is 1.82. The van der Waals surface area contributed by atoms with Gasteiger partial charge in [-0.15, -0.1) is 0 Å². The Labute approximate surface area is 67.4 Å². The fourth-order valence-electron chi connectivity index (χ4n) is 0.0248. The van der Waals surface area contributed by atoms with Crippen LogP contribution in [0.3, 0.4) is 0 Å². The van der Waals surface area contributed by atoms with Crippen LogP contribution in [-0.4, -0.2) is 5.26 Å². The van der Waals surface area contributed by atoms with Gasteiger partial charge in [0.2, 0.25) is 0 Å². The summed E-state index contributed by atoms with van der Waals surface area (Å²) in [4.78, 5) is 0. The third-order valence-corrected chi connectivity index (χ3v) is 11.3. The van der Waals surface area contributed by atoms with Crippen LogP contribution < -0.4 is 0 Å². The maximum atomic E-state index is 7.97. The molecular weight excluding hydrogens is 224 g/mol. The molecule has 0 bridgehead atoms. The Morgan fingerprint density at radius 2 is 1.75 bits per heavy atom. The summed E-state index contributed by atoms with van der Waals surface area (Å²) in [6, 6.07) is 0. The molecule has 0 aliphatic carbocycles. The van der Waals surface area contributed by atoms with Crippen molar-refractivity contribution >= 4 is 58.3 Å². The first-order valence-electron chi connectivity index (χ1n) is 1.18. The Balaban J connectivity index is 4.69. The van der Waals surface area contributed by atoms with E-state index in [0.717, 1.165) is 0 Å². The molecule has 0 saturated heterocycles. The van der Waals surface area contributed by atoms with Gasteiger partial charge in [-0.1, -0.05) is 0 Å². The van der Waals surface area contributed by atoms with Gasteiger partial charge < -0.3 is 0 Å². The summed E-state index contributed by atoms with van der Waals surface area (Å²) in [6.45, 7) is -2.36. The van der Waals surface area contributed by atoms with Gasteiger partial charge in [-0.05, 0) is 28.8 Å². The van der Waals surface area contributed by atoms with E-state index in [1.807, 2.05) is 0 Å². The maximum Gasteiger partial charge on any atom is -0.0115 e. The lowest BCUT2D eigenvalue weighted by atomic mass is 15.0. The minimum atomic E-state index is -2.36. The van der Waals surface area contributed by atoms with E-state index < -0.39 is 13.5 Å². The molecule has 0 rings (SSSR count). The highest BCUT2D eigenvalue weighted by Crippen LogP contribution is 1.91. The largest absolute Gasteiger partial charge is 0.255 e. The average Bonchev–Trinajstić information content (AvgIpc) is 1.67. The summed E-state index contributed by atoms with van der Waals surface area (Å²) < 4.78 is 3.72. The van der Waals surface area contributed by atoms with Crippen molar-refractivity contribution in [2.45, 2.75) is 0 Å². The van der Waals surface area contributed by atoms with Gasteiger partial charge in [0, 0.05) is 0 Å². The Morgan fingerprint density at radius 1 is 1.38 bits per heavy atom. The molecule has 50 valence electrons. The SMILES string of the molecule is OOS(=S)(=S)[S-](=S)=S. The van der Waals surface area contributed by atoms with Crippen LogP contribution in [0.1, 0.15) is 0 Å². The Hall–Kier alpha value is 1.50. The van der Waals surface area contributed by atoms with E-state index in [9.17, 15) is 0 Å². The smallest absolute Gasteiger partial charge is 0.0115 e. The van der Waals surface area contributed by atoms with E-state index in [1.165, 1.54) is 0 Å². The summed E-state index contributed by atoms with van der Waals surface area (Å²) in [5.41, 5.74) is 0. The van der Waals surface area contributed by atoms with E-state index in [4.69, 9.17) is 5.26 Å². The third-order valence-electron chi connectivity index (χ3n) is 0.258. The van der Waals surface area contributed by atoms with Gasteiger partial charge in [-0.25, -0.2) is 27.6 Å². The second-order valence-electron chi connectivity index (χ2n) is 0.687. The Morgan fingerprint density at radius 3 is 1.75 bits per heavy atom. The van der Waals surface area contributed by atoms with Crippen LogP contribution in [0.4, 0.5) is 0 Å². The first kappa shape index (κ1) is 9.50. The second-order valence-corrected chi connectivity index (χ2v) is 13.1. The first-order chi connectivity index (χ1) is 3.50. The van der Waals surface area contributed by atoms with Crippen LogP contribution in [0, 0.1) is 0 Å². The standard InChI is InChI=1S/HO2S6/c1-2-8(5,6)7(3)4/h1H/q-1. The van der Waals surface area contributed by atoms with Crippen LogP contribution in [0.5, 0.6) is 0 Å². The number of hydrogen-bond donors (Lipinski definition) is 1. The van der Waals surface area contributed by atoms with Crippen LogP contribution in [0.25, 0.3) is 0 Å². The zero-order valence-corrected chi connectivity index (χ0v) is 8.20. The monoisotopic (exact) mass is 225 g/mol. The number of rotatable bonds is 2. The van der Waals surface area contributed by atoms with Crippen molar-refractivity contribution in [2.24, 2.45) is 0 Å². The molecule has 0 amide bonds. The van der Waals surface area contributed by atoms with Gasteiger partial charge in [0.1, 0.15) is 0 Å². The zero-order chi connectivity index (χ0) is 6.78. The molecule has 0 fully saturated rings. The first-order valence-corrected chi connectivity index (χ1v) is 8.18. The zero-order valence-electron chi connectivity index (χ0n) is 3.30. The molecule has 0 saturated carbocycles. The molecule has 0 atom stereocenters. The molecule has 2 nitrogen and oxygen atoms in total. The van der Waals surface area contributed by atoms with E-state index in [2.05, 4.69) is 49.1 Å². The molecule has 0 unspecified atom stereocenters. The molecule has 0 spiro atoms. The molecule has 0 heterocycles. The van der Waals surface area contributed by atoms with Crippen LogP contribution >= 0.6 is 0 Å². The summed E-state index contributed by atoms with van der Waals surface area (Å²) >= 11 is 18.0. The topological polar surface area (TPSA) is 29.5 Å². The molecule has 0 aromatic rings. The van der Waals surface area contributed by atoms with Crippen LogP contribution in [-0.2, 0) is 62.6 Å². The van der Waals surface area contributed by atoms with Crippen molar-refractivity contribution in [1.82, 2.24) is 0 Å². The molecule has 8 heavy (non-hydrogen) atoms. The van der Waals surface area contributed by atoms with Crippen molar-refractivity contribution in [2.75, 3.05) is 0 Å². The summed E-state index contributed by atoms with van der Waals surface area (Å²) in [7, 11) is -1.02. The summed E-state index contributed by atoms with van der Waals surface area (Å²) in [5, 5.41) is 7.97. The predicted molar refractivity (Wildman–Crippen MR) is 47.9 cm³/mol. The van der Waals surface area contributed by atoms with Gasteiger partial charge >= 0.3 is 0 Å². The minimum absolute atomic E-state index is 1.02. The second kappa shape index (κ2) is 3.62. The summed E-state index contributed by atoms with van der Waals surface area (Å²) in [5.74, 6) is 0. The van der Waals surface area contributed by atoms with E-state index >= 15 is 0 Å². The fraction of sp³-hybridized carbons (Fsp3) is 0. The lowest BCUT2D eigenvalue weighted by Gasteiger charge is -2.06. The van der Waals surface area contributed by atoms with E-state index in [0.29, 0.717) is 0 Å². The third kappa shape index (κ3) is 2.87. The lowest BCUT2D eigenvalue weighted by molar-refractivity contribution is -0.117. The lowest BCUT2D eigenvalue weighted by Crippen LogP contribution is -1.97. The average molecular weight is 225 g/mol. The van der Waals surface area contributed by atoms with Crippen molar-refractivity contribution < 1.29 is 9.59 Å². The van der Waals surface area contributed by atoms with Crippen LogP contribution in [0.2, 0.25) is 0 Å².